The van der Waals surface area contributed by atoms with Crippen molar-refractivity contribution >= 4 is 45.4 Å². The second-order valence-corrected chi connectivity index (χ2v) is 12.8. The molecule has 0 aromatic heterocycles. The number of rotatable bonds is 10. The normalized spacial score (nSPS) is 35.7. The zero-order valence-corrected chi connectivity index (χ0v) is 22.0. The van der Waals surface area contributed by atoms with Crippen molar-refractivity contribution in [3.63, 3.8) is 0 Å². The molecular formula is C24H38BrN3O4S. The lowest BCUT2D eigenvalue weighted by molar-refractivity contribution is -0.140. The van der Waals surface area contributed by atoms with E-state index < -0.39 is 22.6 Å². The summed E-state index contributed by atoms with van der Waals surface area (Å²) in [6.45, 7) is 3.25. The number of aliphatic hydroxyl groups excluding tert-OH is 1. The van der Waals surface area contributed by atoms with Crippen LogP contribution in [-0.2, 0) is 14.4 Å². The number of likely N-dealkylation sites (tertiary alicyclic amines) is 1. The molecule has 3 aliphatic heterocycles. The Morgan fingerprint density at radius 1 is 1.18 bits per heavy atom. The summed E-state index contributed by atoms with van der Waals surface area (Å²) in [6.07, 6.45) is 9.31. The summed E-state index contributed by atoms with van der Waals surface area (Å²) in [6, 6.07) is -0.356. The molecule has 3 saturated heterocycles. The number of nitrogens with one attached hydrogen (secondary N) is 2. The van der Waals surface area contributed by atoms with Crippen LogP contribution in [0.1, 0.15) is 71.1 Å². The molecule has 7 nitrogen and oxygen atoms in total. The minimum atomic E-state index is -0.556. The number of aliphatic hydroxyl groups is 1. The number of carbonyl (C=O) groups excluding carboxylic acids is 3. The largest absolute Gasteiger partial charge is 0.396 e. The SMILES string of the molecule is CCCNC(=O)[C@H]1[C@@H]2SC3(CC2Br)C(C(=O)NC2CCCCC2)N(CCCCCO)C(=O)[C@H]13. The summed E-state index contributed by atoms with van der Waals surface area (Å²) in [5.74, 6) is -0.971. The van der Waals surface area contributed by atoms with E-state index in [0.29, 0.717) is 19.5 Å². The van der Waals surface area contributed by atoms with Gasteiger partial charge in [0.05, 0.1) is 16.6 Å². The first-order valence-electron chi connectivity index (χ1n) is 12.8. The third kappa shape index (κ3) is 4.70. The van der Waals surface area contributed by atoms with Crippen LogP contribution in [-0.4, -0.2) is 74.3 Å². The van der Waals surface area contributed by atoms with Gasteiger partial charge in [-0.1, -0.05) is 42.1 Å². The van der Waals surface area contributed by atoms with Gasteiger partial charge in [-0.15, -0.1) is 11.8 Å². The summed E-state index contributed by atoms with van der Waals surface area (Å²) < 4.78 is -0.556. The van der Waals surface area contributed by atoms with Gasteiger partial charge in [0.25, 0.3) is 0 Å². The lowest BCUT2D eigenvalue weighted by Crippen LogP contribution is -2.56. The smallest absolute Gasteiger partial charge is 0.244 e. The molecule has 1 aliphatic carbocycles. The van der Waals surface area contributed by atoms with Crippen molar-refractivity contribution in [3.8, 4) is 0 Å². The second kappa shape index (κ2) is 10.9. The van der Waals surface area contributed by atoms with E-state index in [1.54, 1.807) is 16.7 Å². The first kappa shape index (κ1) is 25.3. The summed E-state index contributed by atoms with van der Waals surface area (Å²) in [5, 5.41) is 15.5. The molecule has 0 aromatic rings. The molecule has 3 unspecified atom stereocenters. The highest BCUT2D eigenvalue weighted by Crippen LogP contribution is 2.67. The number of halogens is 1. The lowest BCUT2D eigenvalue weighted by atomic mass is 9.70. The molecule has 1 spiro atoms. The maximum absolute atomic E-state index is 13.8. The molecule has 9 heteroatoms. The maximum atomic E-state index is 13.8. The van der Waals surface area contributed by atoms with E-state index in [0.717, 1.165) is 51.4 Å². The van der Waals surface area contributed by atoms with Crippen LogP contribution in [0.2, 0.25) is 0 Å². The van der Waals surface area contributed by atoms with Crippen molar-refractivity contribution in [1.29, 1.82) is 0 Å². The van der Waals surface area contributed by atoms with Gasteiger partial charge in [-0.25, -0.2) is 0 Å². The molecule has 186 valence electrons. The Morgan fingerprint density at radius 3 is 2.64 bits per heavy atom. The van der Waals surface area contributed by atoms with Crippen LogP contribution in [0.4, 0.5) is 0 Å². The van der Waals surface area contributed by atoms with E-state index in [1.807, 2.05) is 6.92 Å². The van der Waals surface area contributed by atoms with Crippen molar-refractivity contribution < 1.29 is 19.5 Å². The van der Waals surface area contributed by atoms with Gasteiger partial charge in [0.1, 0.15) is 6.04 Å². The Bertz CT molecular complexity index is 749. The molecule has 2 bridgehead atoms. The molecule has 3 heterocycles. The number of thioether (sulfide) groups is 1. The highest BCUT2D eigenvalue weighted by molar-refractivity contribution is 9.09. The molecular weight excluding hydrogens is 506 g/mol. The van der Waals surface area contributed by atoms with Crippen LogP contribution in [0, 0.1) is 11.8 Å². The van der Waals surface area contributed by atoms with Crippen LogP contribution in [0.15, 0.2) is 0 Å². The fourth-order valence-electron chi connectivity index (χ4n) is 6.43. The fraction of sp³-hybridized carbons (Fsp3) is 0.875. The van der Waals surface area contributed by atoms with Gasteiger partial charge in [0, 0.05) is 35.8 Å². The number of alkyl halides is 1. The number of hydrogen-bond acceptors (Lipinski definition) is 5. The first-order chi connectivity index (χ1) is 15.9. The Morgan fingerprint density at radius 2 is 1.94 bits per heavy atom. The third-order valence-electron chi connectivity index (χ3n) is 7.90. The van der Waals surface area contributed by atoms with Gasteiger partial charge in [-0.3, -0.25) is 14.4 Å². The van der Waals surface area contributed by atoms with E-state index in [4.69, 9.17) is 5.11 Å². The van der Waals surface area contributed by atoms with E-state index in [-0.39, 0.29) is 40.4 Å². The zero-order chi connectivity index (χ0) is 23.6. The topological polar surface area (TPSA) is 98.7 Å². The van der Waals surface area contributed by atoms with Crippen LogP contribution < -0.4 is 10.6 Å². The molecule has 33 heavy (non-hydrogen) atoms. The van der Waals surface area contributed by atoms with Crippen LogP contribution >= 0.6 is 27.7 Å². The predicted molar refractivity (Wildman–Crippen MR) is 133 cm³/mol. The highest BCUT2D eigenvalue weighted by atomic mass is 79.9. The number of fused-ring (bicyclic) bond motifs is 1. The molecule has 0 radical (unpaired) electrons. The van der Waals surface area contributed by atoms with Crippen LogP contribution in [0.3, 0.4) is 0 Å². The summed E-state index contributed by atoms with van der Waals surface area (Å²) in [5.41, 5.74) is 0. The summed E-state index contributed by atoms with van der Waals surface area (Å²) in [4.78, 5) is 42.7. The lowest BCUT2D eigenvalue weighted by Gasteiger charge is -2.36. The minimum absolute atomic E-state index is 0.0114. The molecule has 1 saturated carbocycles. The van der Waals surface area contributed by atoms with Crippen molar-refractivity contribution in [2.75, 3.05) is 19.7 Å². The van der Waals surface area contributed by atoms with E-state index in [1.165, 1.54) is 6.42 Å². The molecule has 4 rings (SSSR count). The average molecular weight is 545 g/mol. The van der Waals surface area contributed by atoms with Crippen LogP contribution in [0.25, 0.3) is 0 Å². The van der Waals surface area contributed by atoms with Crippen molar-refractivity contribution in [3.05, 3.63) is 0 Å². The molecule has 4 fully saturated rings. The maximum Gasteiger partial charge on any atom is 0.244 e. The summed E-state index contributed by atoms with van der Waals surface area (Å²) >= 11 is 5.51. The van der Waals surface area contributed by atoms with E-state index in [2.05, 4.69) is 26.6 Å². The van der Waals surface area contributed by atoms with Crippen molar-refractivity contribution in [1.82, 2.24) is 15.5 Å². The van der Waals surface area contributed by atoms with Gasteiger partial charge in [-0.05, 0) is 44.9 Å². The number of unbranched alkanes of at least 4 members (excludes halogenated alkanes) is 2. The third-order valence-corrected chi connectivity index (χ3v) is 11.1. The average Bonchev–Trinajstić information content (AvgIpc) is 3.39. The fourth-order valence-corrected chi connectivity index (χ4v) is 10.0. The Balaban J connectivity index is 1.61. The van der Waals surface area contributed by atoms with E-state index >= 15 is 0 Å². The van der Waals surface area contributed by atoms with Gasteiger partial charge < -0.3 is 20.6 Å². The number of hydrogen-bond donors (Lipinski definition) is 3. The number of nitrogens with zero attached hydrogens (tertiary/aromatic N) is 1. The Kier molecular flexibility index (Phi) is 8.32. The molecule has 3 N–H and O–H groups in total. The molecule has 4 aliphatic rings. The van der Waals surface area contributed by atoms with Gasteiger partial charge in [0.15, 0.2) is 0 Å². The standard InChI is InChI=1S/C24H38BrN3O4S/c1-2-11-26-21(30)17-18-23(32)28(12-7-4-8-13-29)20(24(18)14-16(25)19(17)33-24)22(31)27-15-9-5-3-6-10-15/h15-20,29H,2-14H2,1H3,(H,26,30)(H,27,31)/t16?,17-,18+,19-,20?,24?/m1/s1. The van der Waals surface area contributed by atoms with Gasteiger partial charge in [0.2, 0.25) is 17.7 Å². The number of carbonyl (C=O) groups is 3. The Labute approximate surface area is 209 Å². The molecule has 6 atom stereocenters. The first-order valence-corrected chi connectivity index (χ1v) is 14.6. The van der Waals surface area contributed by atoms with Gasteiger partial charge >= 0.3 is 0 Å². The summed E-state index contributed by atoms with van der Waals surface area (Å²) in [7, 11) is 0. The van der Waals surface area contributed by atoms with Crippen LogP contribution in [0.5, 0.6) is 0 Å². The second-order valence-electron chi connectivity index (χ2n) is 10.1. The molecule has 0 aromatic carbocycles. The van der Waals surface area contributed by atoms with Crippen molar-refractivity contribution in [2.45, 2.75) is 98.0 Å². The monoisotopic (exact) mass is 543 g/mol. The van der Waals surface area contributed by atoms with E-state index in [9.17, 15) is 14.4 Å². The van der Waals surface area contributed by atoms with Gasteiger partial charge in [-0.2, -0.15) is 0 Å². The zero-order valence-electron chi connectivity index (χ0n) is 19.6. The predicted octanol–water partition coefficient (Wildman–Crippen LogP) is 2.59. The highest BCUT2D eigenvalue weighted by Gasteiger charge is 2.75. The van der Waals surface area contributed by atoms with Crippen molar-refractivity contribution in [2.24, 2.45) is 11.8 Å². The minimum Gasteiger partial charge on any atom is -0.396 e. The number of amides is 3. The Hall–Kier alpha value is -0.800. The quantitative estimate of drug-likeness (QED) is 0.290. The molecule has 3 amide bonds.